The van der Waals surface area contributed by atoms with Crippen LogP contribution in [-0.2, 0) is 22.2 Å². The fraction of sp³-hybridized carbons (Fsp3) is 0.286. The third-order valence-electron chi connectivity index (χ3n) is 2.89. The average Bonchev–Trinajstić information content (AvgIpc) is 2.94. The zero-order valence-corrected chi connectivity index (χ0v) is 14.4. The van der Waals surface area contributed by atoms with Gasteiger partial charge in [0.25, 0.3) is 0 Å². The summed E-state index contributed by atoms with van der Waals surface area (Å²) < 4.78 is 66.5. The SMILES string of the molecule is CCCC(=O)Oc1cnc(N(c2ccc(C(F)(F)F)cc2)S(=O)[O-])s1. The van der Waals surface area contributed by atoms with E-state index in [1.54, 1.807) is 6.92 Å². The maximum Gasteiger partial charge on any atom is 0.416 e. The molecule has 1 aromatic heterocycles. The van der Waals surface area contributed by atoms with E-state index in [2.05, 4.69) is 4.98 Å². The highest BCUT2D eigenvalue weighted by molar-refractivity contribution is 7.81. The molecule has 11 heteroatoms. The Morgan fingerprint density at radius 3 is 2.52 bits per heavy atom. The number of aromatic nitrogens is 1. The van der Waals surface area contributed by atoms with Gasteiger partial charge in [0.2, 0.25) is 10.2 Å². The topological polar surface area (TPSA) is 82.6 Å². The first-order valence-electron chi connectivity index (χ1n) is 6.95. The molecule has 25 heavy (non-hydrogen) atoms. The minimum Gasteiger partial charge on any atom is -0.755 e. The number of ether oxygens (including phenoxy) is 1. The number of hydrogen-bond donors (Lipinski definition) is 0. The van der Waals surface area contributed by atoms with E-state index in [-0.39, 0.29) is 22.3 Å². The van der Waals surface area contributed by atoms with Crippen molar-refractivity contribution in [1.82, 2.24) is 4.98 Å². The van der Waals surface area contributed by atoms with Crippen LogP contribution in [0.1, 0.15) is 25.3 Å². The Kier molecular flexibility index (Phi) is 6.14. The fourth-order valence-electron chi connectivity index (χ4n) is 1.81. The van der Waals surface area contributed by atoms with Gasteiger partial charge in [-0.15, -0.1) is 0 Å². The third-order valence-corrected chi connectivity index (χ3v) is 4.55. The van der Waals surface area contributed by atoms with Crippen LogP contribution >= 0.6 is 11.3 Å². The molecule has 2 aromatic rings. The quantitative estimate of drug-likeness (QED) is 0.551. The van der Waals surface area contributed by atoms with Crippen molar-refractivity contribution in [3.05, 3.63) is 36.0 Å². The number of alkyl halides is 3. The lowest BCUT2D eigenvalue weighted by Crippen LogP contribution is -2.19. The number of rotatable bonds is 6. The summed E-state index contributed by atoms with van der Waals surface area (Å²) in [6.45, 7) is 1.80. The zero-order chi connectivity index (χ0) is 18.6. The van der Waals surface area contributed by atoms with Gasteiger partial charge in [-0.3, -0.25) is 9.00 Å². The number of carbonyl (C=O) groups is 1. The first-order valence-corrected chi connectivity index (χ1v) is 8.80. The van der Waals surface area contributed by atoms with Crippen LogP contribution in [0.4, 0.5) is 24.0 Å². The van der Waals surface area contributed by atoms with E-state index in [4.69, 9.17) is 4.74 Å². The largest absolute Gasteiger partial charge is 0.755 e. The van der Waals surface area contributed by atoms with Gasteiger partial charge < -0.3 is 9.29 Å². The monoisotopic (exact) mass is 393 g/mol. The van der Waals surface area contributed by atoms with Crippen molar-refractivity contribution in [1.29, 1.82) is 0 Å². The molecule has 1 aromatic carbocycles. The maximum absolute atomic E-state index is 12.6. The van der Waals surface area contributed by atoms with Crippen LogP contribution in [0, 0.1) is 0 Å². The molecule has 0 aliphatic rings. The molecule has 1 heterocycles. The van der Waals surface area contributed by atoms with E-state index < -0.39 is 29.0 Å². The van der Waals surface area contributed by atoms with Gasteiger partial charge >= 0.3 is 12.1 Å². The number of anilines is 2. The van der Waals surface area contributed by atoms with Crippen molar-refractivity contribution in [2.45, 2.75) is 25.9 Å². The normalized spacial score (nSPS) is 12.7. The van der Waals surface area contributed by atoms with Gasteiger partial charge in [0.1, 0.15) is 0 Å². The summed E-state index contributed by atoms with van der Waals surface area (Å²) in [6, 6.07) is 3.57. The van der Waals surface area contributed by atoms with Gasteiger partial charge in [-0.2, -0.15) is 13.2 Å². The smallest absolute Gasteiger partial charge is 0.416 e. The Hall–Kier alpha value is -1.98. The van der Waals surface area contributed by atoms with E-state index in [0.29, 0.717) is 10.7 Å². The minimum atomic E-state index is -4.53. The molecule has 0 amide bonds. The third kappa shape index (κ3) is 5.00. The van der Waals surface area contributed by atoms with E-state index in [0.717, 1.165) is 35.6 Å². The first-order chi connectivity index (χ1) is 11.7. The molecule has 1 unspecified atom stereocenters. The summed E-state index contributed by atoms with van der Waals surface area (Å²) in [5.41, 5.74) is -0.927. The first kappa shape index (κ1) is 19.3. The number of carbonyl (C=O) groups excluding carboxylic acids is 1. The molecule has 0 spiro atoms. The molecule has 6 nitrogen and oxygen atoms in total. The van der Waals surface area contributed by atoms with E-state index in [1.165, 1.54) is 6.20 Å². The zero-order valence-electron chi connectivity index (χ0n) is 12.8. The van der Waals surface area contributed by atoms with Crippen LogP contribution < -0.4 is 9.04 Å². The molecular formula is C14H12F3N2O4S2-. The summed E-state index contributed by atoms with van der Waals surface area (Å²) in [6.07, 6.45) is -2.56. The molecule has 0 aliphatic heterocycles. The second-order valence-corrected chi connectivity index (χ2v) is 6.51. The van der Waals surface area contributed by atoms with Crippen molar-refractivity contribution in [2.75, 3.05) is 4.31 Å². The predicted molar refractivity (Wildman–Crippen MR) is 85.2 cm³/mol. The highest BCUT2D eigenvalue weighted by Crippen LogP contribution is 2.36. The van der Waals surface area contributed by atoms with Gasteiger partial charge in [-0.1, -0.05) is 18.3 Å². The summed E-state index contributed by atoms with van der Waals surface area (Å²) in [4.78, 5) is 15.3. The highest BCUT2D eigenvalue weighted by atomic mass is 32.2. The number of thiazole rings is 1. The number of esters is 1. The van der Waals surface area contributed by atoms with Crippen molar-refractivity contribution >= 4 is 39.4 Å². The summed E-state index contributed by atoms with van der Waals surface area (Å²) >= 11 is -2.04. The van der Waals surface area contributed by atoms with Gasteiger partial charge in [0, 0.05) is 6.42 Å². The fourth-order valence-corrected chi connectivity index (χ4v) is 3.28. The molecule has 0 saturated carbocycles. The Morgan fingerprint density at radius 1 is 1.36 bits per heavy atom. The van der Waals surface area contributed by atoms with Gasteiger partial charge in [-0.05, 0) is 30.7 Å². The maximum atomic E-state index is 12.6. The standard InChI is InChI=1S/C14H13F3N2O4S2/c1-2-3-11(20)23-12-8-18-13(24-12)19(25(21)22)10-6-4-9(5-7-10)14(15,16)17/h4-8H,2-3H2,1H3,(H,21,22)/p-1. The van der Waals surface area contributed by atoms with Crippen molar-refractivity contribution in [3.8, 4) is 5.06 Å². The molecule has 0 aliphatic carbocycles. The average molecular weight is 393 g/mol. The van der Waals surface area contributed by atoms with E-state index in [9.17, 15) is 26.7 Å². The van der Waals surface area contributed by atoms with E-state index >= 15 is 0 Å². The van der Waals surface area contributed by atoms with Crippen LogP contribution in [0.3, 0.4) is 0 Å². The molecule has 2 rings (SSSR count). The molecule has 0 radical (unpaired) electrons. The van der Waals surface area contributed by atoms with Gasteiger partial charge in [-0.25, -0.2) is 9.29 Å². The molecular weight excluding hydrogens is 381 g/mol. The number of benzene rings is 1. The van der Waals surface area contributed by atoms with Crippen LogP contribution in [-0.4, -0.2) is 19.7 Å². The van der Waals surface area contributed by atoms with Crippen molar-refractivity contribution in [2.24, 2.45) is 0 Å². The van der Waals surface area contributed by atoms with Crippen molar-refractivity contribution < 1.29 is 31.5 Å². The van der Waals surface area contributed by atoms with Crippen LogP contribution in [0.5, 0.6) is 5.06 Å². The van der Waals surface area contributed by atoms with Crippen molar-refractivity contribution in [3.63, 3.8) is 0 Å². The number of nitrogens with zero attached hydrogens (tertiary/aromatic N) is 2. The van der Waals surface area contributed by atoms with Gasteiger partial charge in [0.05, 0.1) is 28.7 Å². The molecule has 0 bridgehead atoms. The predicted octanol–water partition coefficient (Wildman–Crippen LogP) is 3.80. The summed E-state index contributed by atoms with van der Waals surface area (Å²) in [5, 5.41) is 0.0307. The lowest BCUT2D eigenvalue weighted by atomic mass is 10.2. The molecule has 0 saturated heterocycles. The van der Waals surface area contributed by atoms with E-state index in [1.807, 2.05) is 0 Å². The Labute approximate surface area is 147 Å². The Balaban J connectivity index is 2.25. The summed E-state index contributed by atoms with van der Waals surface area (Å²) in [7, 11) is 0. The van der Waals surface area contributed by atoms with Gasteiger partial charge in [0.15, 0.2) is 0 Å². The van der Waals surface area contributed by atoms with Crippen LogP contribution in [0.2, 0.25) is 0 Å². The highest BCUT2D eigenvalue weighted by Gasteiger charge is 2.30. The Bertz CT molecular complexity index is 762. The number of halogens is 3. The summed E-state index contributed by atoms with van der Waals surface area (Å²) in [5.74, 6) is -0.484. The number of hydrogen-bond acceptors (Lipinski definition) is 6. The second kappa shape index (κ2) is 7.93. The minimum absolute atomic E-state index is 0.0258. The van der Waals surface area contributed by atoms with Crippen LogP contribution in [0.15, 0.2) is 30.5 Å². The molecule has 0 N–H and O–H groups in total. The van der Waals surface area contributed by atoms with Crippen LogP contribution in [0.25, 0.3) is 0 Å². The second-order valence-electron chi connectivity index (χ2n) is 4.74. The lowest BCUT2D eigenvalue weighted by Gasteiger charge is -2.23. The Morgan fingerprint density at radius 2 is 2.00 bits per heavy atom. The molecule has 136 valence electrons. The lowest BCUT2D eigenvalue weighted by molar-refractivity contribution is -0.137. The molecule has 0 fully saturated rings. The molecule has 1 atom stereocenters.